The number of carbonyl (C=O) groups is 1. The number of aromatic nitrogens is 1. The van der Waals surface area contributed by atoms with Crippen molar-refractivity contribution >= 4 is 33.1 Å². The molecule has 26 heavy (non-hydrogen) atoms. The molecule has 7 heteroatoms. The van der Waals surface area contributed by atoms with E-state index in [1.54, 1.807) is 7.05 Å². The Bertz CT molecular complexity index is 800. The molecule has 2 aliphatic rings. The molecule has 0 saturated carbocycles. The van der Waals surface area contributed by atoms with E-state index in [1.807, 2.05) is 6.07 Å². The van der Waals surface area contributed by atoms with E-state index in [4.69, 9.17) is 15.5 Å². The summed E-state index contributed by atoms with van der Waals surface area (Å²) in [6.45, 7) is 4.05. The van der Waals surface area contributed by atoms with Gasteiger partial charge in [-0.15, -0.1) is 11.3 Å². The van der Waals surface area contributed by atoms with E-state index in [9.17, 15) is 4.79 Å². The summed E-state index contributed by atoms with van der Waals surface area (Å²) in [6, 6.07) is 4.49. The maximum atomic E-state index is 12.0. The molecule has 6 nitrogen and oxygen atoms in total. The molecule has 1 atom stereocenters. The van der Waals surface area contributed by atoms with Crippen LogP contribution in [0, 0.1) is 5.92 Å². The molecule has 0 aliphatic carbocycles. The minimum absolute atomic E-state index is 0.144. The van der Waals surface area contributed by atoms with Crippen LogP contribution < -0.4 is 11.1 Å². The van der Waals surface area contributed by atoms with Crippen LogP contribution in [0.2, 0.25) is 0 Å². The molecule has 2 aromatic heterocycles. The average molecular weight is 375 g/mol. The van der Waals surface area contributed by atoms with Crippen molar-refractivity contribution in [2.24, 2.45) is 5.92 Å². The van der Waals surface area contributed by atoms with E-state index < -0.39 is 0 Å². The number of hydrogen-bond donors (Lipinski definition) is 2. The first-order chi connectivity index (χ1) is 12.7. The van der Waals surface area contributed by atoms with Crippen molar-refractivity contribution in [1.82, 2.24) is 15.2 Å². The highest BCUT2D eigenvalue weighted by Crippen LogP contribution is 2.37. The third-order valence-electron chi connectivity index (χ3n) is 5.59. The number of thiophene rings is 1. The molecule has 0 aromatic carbocycles. The van der Waals surface area contributed by atoms with E-state index in [2.05, 4.69) is 16.3 Å². The standard InChI is InChI=1S/C19H26N4O2S/c1-21-18(24)17-16(20)13-4-5-14(22-19(13)26-17)15-3-2-8-23(15)11-12-6-9-25-10-7-12/h4-5,12,15H,2-3,6-11,20H2,1H3,(H,21,24)/t15-/m1/s1. The quantitative estimate of drug-likeness (QED) is 0.860. The van der Waals surface area contributed by atoms with Gasteiger partial charge in [0, 0.05) is 32.2 Å². The number of ether oxygens (including phenoxy) is 1. The predicted octanol–water partition coefficient (Wildman–Crippen LogP) is 2.80. The van der Waals surface area contributed by atoms with Crippen LogP contribution in [0.1, 0.15) is 47.1 Å². The molecule has 2 aromatic rings. The number of carbonyl (C=O) groups excluding carboxylic acids is 1. The van der Waals surface area contributed by atoms with Gasteiger partial charge in [-0.25, -0.2) is 4.98 Å². The molecule has 0 spiro atoms. The van der Waals surface area contributed by atoms with Gasteiger partial charge in [-0.2, -0.15) is 0 Å². The van der Waals surface area contributed by atoms with Crippen LogP contribution >= 0.6 is 11.3 Å². The number of fused-ring (bicyclic) bond motifs is 1. The summed E-state index contributed by atoms with van der Waals surface area (Å²) in [5.41, 5.74) is 7.80. The van der Waals surface area contributed by atoms with Crippen LogP contribution in [-0.2, 0) is 4.74 Å². The molecule has 0 unspecified atom stereocenters. The highest BCUT2D eigenvalue weighted by atomic mass is 32.1. The lowest BCUT2D eigenvalue weighted by Crippen LogP contribution is -2.32. The number of pyridine rings is 1. The Hall–Kier alpha value is -1.70. The Morgan fingerprint density at radius 2 is 2.19 bits per heavy atom. The summed E-state index contributed by atoms with van der Waals surface area (Å²) in [7, 11) is 1.62. The maximum absolute atomic E-state index is 12.0. The number of anilines is 1. The van der Waals surface area contributed by atoms with Crippen LogP contribution in [0.15, 0.2) is 12.1 Å². The fourth-order valence-electron chi connectivity index (χ4n) is 4.12. The topological polar surface area (TPSA) is 80.5 Å². The Balaban J connectivity index is 1.57. The van der Waals surface area contributed by atoms with Gasteiger partial charge in [0.2, 0.25) is 0 Å². The Morgan fingerprint density at radius 1 is 1.38 bits per heavy atom. The third kappa shape index (κ3) is 3.31. The van der Waals surface area contributed by atoms with Gasteiger partial charge in [-0.05, 0) is 50.3 Å². The number of nitrogens with two attached hydrogens (primary N) is 1. The van der Waals surface area contributed by atoms with Crippen LogP contribution in [-0.4, -0.2) is 49.1 Å². The van der Waals surface area contributed by atoms with Gasteiger partial charge in [0.15, 0.2) is 0 Å². The minimum atomic E-state index is -0.144. The molecule has 1 amide bonds. The van der Waals surface area contributed by atoms with Crippen molar-refractivity contribution in [3.05, 3.63) is 22.7 Å². The second kappa shape index (κ2) is 7.50. The van der Waals surface area contributed by atoms with E-state index >= 15 is 0 Å². The summed E-state index contributed by atoms with van der Waals surface area (Å²) in [4.78, 5) is 20.9. The zero-order chi connectivity index (χ0) is 18.1. The number of nitrogens with one attached hydrogen (secondary N) is 1. The monoisotopic (exact) mass is 374 g/mol. The van der Waals surface area contributed by atoms with Crippen molar-refractivity contribution in [1.29, 1.82) is 0 Å². The first-order valence-electron chi connectivity index (χ1n) is 9.40. The summed E-state index contributed by atoms with van der Waals surface area (Å²) >= 11 is 1.38. The molecule has 2 aliphatic heterocycles. The number of hydrogen-bond acceptors (Lipinski definition) is 6. The molecule has 140 valence electrons. The lowest BCUT2D eigenvalue weighted by atomic mass is 9.99. The highest BCUT2D eigenvalue weighted by Gasteiger charge is 2.30. The van der Waals surface area contributed by atoms with Crippen molar-refractivity contribution in [3.63, 3.8) is 0 Å². The third-order valence-corrected chi connectivity index (χ3v) is 6.70. The zero-order valence-corrected chi connectivity index (χ0v) is 16.0. The van der Waals surface area contributed by atoms with Crippen LogP contribution in [0.4, 0.5) is 5.69 Å². The maximum Gasteiger partial charge on any atom is 0.263 e. The number of nitrogens with zero attached hydrogens (tertiary/aromatic N) is 2. The van der Waals surface area contributed by atoms with Gasteiger partial charge in [0.05, 0.1) is 17.4 Å². The summed E-state index contributed by atoms with van der Waals surface area (Å²) in [5.74, 6) is 0.583. The van der Waals surface area contributed by atoms with Crippen molar-refractivity contribution < 1.29 is 9.53 Å². The molecule has 4 rings (SSSR count). The van der Waals surface area contributed by atoms with E-state index in [-0.39, 0.29) is 5.91 Å². The van der Waals surface area contributed by atoms with Crippen LogP contribution in [0.5, 0.6) is 0 Å². The lowest BCUT2D eigenvalue weighted by Gasteiger charge is -2.30. The number of likely N-dealkylation sites (tertiary alicyclic amines) is 1. The first-order valence-corrected chi connectivity index (χ1v) is 10.2. The van der Waals surface area contributed by atoms with E-state index in [0.717, 1.165) is 67.4 Å². The van der Waals surface area contributed by atoms with Gasteiger partial charge in [-0.1, -0.05) is 0 Å². The molecule has 0 bridgehead atoms. The van der Waals surface area contributed by atoms with Crippen LogP contribution in [0.3, 0.4) is 0 Å². The molecule has 0 radical (unpaired) electrons. The molecule has 4 heterocycles. The van der Waals surface area contributed by atoms with Gasteiger partial charge in [0.1, 0.15) is 9.71 Å². The molecular weight excluding hydrogens is 348 g/mol. The Labute approximate surface area is 157 Å². The minimum Gasteiger partial charge on any atom is -0.397 e. The summed E-state index contributed by atoms with van der Waals surface area (Å²) in [6.07, 6.45) is 4.67. The summed E-state index contributed by atoms with van der Waals surface area (Å²) in [5, 5.41) is 3.53. The highest BCUT2D eigenvalue weighted by molar-refractivity contribution is 7.21. The Morgan fingerprint density at radius 3 is 2.96 bits per heavy atom. The van der Waals surface area contributed by atoms with Gasteiger partial charge in [0.25, 0.3) is 5.91 Å². The van der Waals surface area contributed by atoms with E-state index in [0.29, 0.717) is 16.6 Å². The van der Waals surface area contributed by atoms with Gasteiger partial charge >= 0.3 is 0 Å². The summed E-state index contributed by atoms with van der Waals surface area (Å²) < 4.78 is 5.49. The van der Waals surface area contributed by atoms with Crippen molar-refractivity contribution in [3.8, 4) is 0 Å². The second-order valence-electron chi connectivity index (χ2n) is 7.22. The normalized spacial score (nSPS) is 22.1. The average Bonchev–Trinajstić information content (AvgIpc) is 3.26. The van der Waals surface area contributed by atoms with Gasteiger partial charge in [-0.3, -0.25) is 9.69 Å². The van der Waals surface area contributed by atoms with Crippen LogP contribution in [0.25, 0.3) is 10.2 Å². The molecule has 2 fully saturated rings. The largest absolute Gasteiger partial charge is 0.397 e. The molecule has 3 N–H and O–H groups in total. The second-order valence-corrected chi connectivity index (χ2v) is 8.22. The fourth-order valence-corrected chi connectivity index (χ4v) is 5.17. The predicted molar refractivity (Wildman–Crippen MR) is 105 cm³/mol. The van der Waals surface area contributed by atoms with E-state index in [1.165, 1.54) is 17.8 Å². The first kappa shape index (κ1) is 17.7. The van der Waals surface area contributed by atoms with Gasteiger partial charge < -0.3 is 15.8 Å². The molecule has 2 saturated heterocycles. The Kier molecular flexibility index (Phi) is 5.11. The number of amides is 1. The van der Waals surface area contributed by atoms with Crippen molar-refractivity contribution in [2.75, 3.05) is 39.1 Å². The SMILES string of the molecule is CNC(=O)c1sc2nc([C@H]3CCCN3CC3CCOCC3)ccc2c1N. The smallest absolute Gasteiger partial charge is 0.263 e. The van der Waals surface area contributed by atoms with Crippen molar-refractivity contribution in [2.45, 2.75) is 31.7 Å². The molecular formula is C19H26N4O2S. The number of nitrogen functional groups attached to an aromatic ring is 1. The number of rotatable bonds is 4. The zero-order valence-electron chi connectivity index (χ0n) is 15.2. The fraction of sp³-hybridized carbons (Fsp3) is 0.579. The lowest BCUT2D eigenvalue weighted by molar-refractivity contribution is 0.0504.